The maximum atomic E-state index is 12.6. The number of aromatic nitrogens is 2. The van der Waals surface area contributed by atoms with E-state index in [-0.39, 0.29) is 5.56 Å². The Hall–Kier alpha value is -1.91. The Bertz CT molecular complexity index is 477. The highest BCUT2D eigenvalue weighted by molar-refractivity contribution is 6.04. The number of nitrogens with two attached hydrogens (primary N) is 1. The van der Waals surface area contributed by atoms with Crippen molar-refractivity contribution in [1.29, 1.82) is 0 Å². The second-order valence-electron chi connectivity index (χ2n) is 2.62. The summed E-state index contributed by atoms with van der Waals surface area (Å²) < 4.78 is 12.6. The Balaban J connectivity index is 2.76. The van der Waals surface area contributed by atoms with E-state index in [9.17, 15) is 9.18 Å². The molecule has 0 aliphatic carbocycles. The van der Waals surface area contributed by atoms with Crippen LogP contribution in [0.25, 0.3) is 11.0 Å². The Morgan fingerprint density at radius 2 is 2.38 bits per heavy atom. The lowest BCUT2D eigenvalue weighted by Gasteiger charge is -1.91. The van der Waals surface area contributed by atoms with E-state index in [4.69, 9.17) is 5.73 Å². The first-order valence-corrected chi connectivity index (χ1v) is 3.61. The quantitative estimate of drug-likeness (QED) is 0.679. The van der Waals surface area contributed by atoms with Crippen LogP contribution in [0.3, 0.4) is 0 Å². The van der Waals surface area contributed by atoms with E-state index in [0.717, 1.165) is 6.20 Å². The predicted octanol–water partition coefficient (Wildman–Crippen LogP) is 0.801. The fourth-order valence-electron chi connectivity index (χ4n) is 1.17. The molecule has 0 atom stereocenters. The maximum Gasteiger partial charge on any atom is 0.252 e. The van der Waals surface area contributed by atoms with Crippen molar-refractivity contribution < 1.29 is 9.18 Å². The van der Waals surface area contributed by atoms with E-state index in [2.05, 4.69) is 9.97 Å². The lowest BCUT2D eigenvalue weighted by molar-refractivity contribution is 0.100. The Morgan fingerprint density at radius 3 is 3.08 bits per heavy atom. The largest absolute Gasteiger partial charge is 0.365 e. The molecule has 5 heteroatoms. The van der Waals surface area contributed by atoms with Crippen LogP contribution < -0.4 is 5.73 Å². The number of hydrogen-bond acceptors (Lipinski definition) is 2. The van der Waals surface area contributed by atoms with Crippen LogP contribution in [0, 0.1) is 5.82 Å². The highest BCUT2D eigenvalue weighted by Gasteiger charge is 2.09. The average molecular weight is 179 g/mol. The van der Waals surface area contributed by atoms with Gasteiger partial charge in [-0.2, -0.15) is 0 Å². The van der Waals surface area contributed by atoms with Gasteiger partial charge < -0.3 is 10.7 Å². The van der Waals surface area contributed by atoms with Crippen LogP contribution in [0.1, 0.15) is 10.4 Å². The van der Waals surface area contributed by atoms with Gasteiger partial charge in [0.05, 0.1) is 17.3 Å². The lowest BCUT2D eigenvalue weighted by atomic mass is 10.2. The molecule has 2 aromatic heterocycles. The second kappa shape index (κ2) is 2.55. The zero-order chi connectivity index (χ0) is 9.42. The van der Waals surface area contributed by atoms with Crippen molar-refractivity contribution in [1.82, 2.24) is 9.97 Å². The third kappa shape index (κ3) is 1.14. The summed E-state index contributed by atoms with van der Waals surface area (Å²) in [4.78, 5) is 17.3. The molecule has 1 amide bonds. The number of carbonyl (C=O) groups excluding carboxylic acids is 1. The van der Waals surface area contributed by atoms with Gasteiger partial charge >= 0.3 is 0 Å². The topological polar surface area (TPSA) is 71.8 Å². The minimum atomic E-state index is -0.578. The molecular formula is C8H6FN3O. The van der Waals surface area contributed by atoms with Crippen LogP contribution in [0.5, 0.6) is 0 Å². The van der Waals surface area contributed by atoms with Gasteiger partial charge in [0.15, 0.2) is 0 Å². The molecule has 0 fully saturated rings. The van der Waals surface area contributed by atoms with E-state index < -0.39 is 11.7 Å². The molecule has 0 saturated carbocycles. The normalized spacial score (nSPS) is 10.5. The first-order chi connectivity index (χ1) is 6.18. The number of H-pyrrole nitrogens is 1. The van der Waals surface area contributed by atoms with Gasteiger partial charge in [-0.25, -0.2) is 4.39 Å². The number of pyridine rings is 1. The van der Waals surface area contributed by atoms with Gasteiger partial charge in [0, 0.05) is 12.3 Å². The molecule has 2 heterocycles. The van der Waals surface area contributed by atoms with Gasteiger partial charge in [-0.1, -0.05) is 0 Å². The molecule has 0 aliphatic rings. The highest BCUT2D eigenvalue weighted by atomic mass is 19.1. The van der Waals surface area contributed by atoms with Gasteiger partial charge in [-0.15, -0.1) is 0 Å². The van der Waals surface area contributed by atoms with E-state index in [1.165, 1.54) is 12.3 Å². The fraction of sp³-hybridized carbons (Fsp3) is 0. The van der Waals surface area contributed by atoms with Crippen LogP contribution in [-0.2, 0) is 0 Å². The van der Waals surface area contributed by atoms with Crippen molar-refractivity contribution in [2.75, 3.05) is 0 Å². The molecule has 2 rings (SSSR count). The van der Waals surface area contributed by atoms with Crippen molar-refractivity contribution in [3.63, 3.8) is 0 Å². The Labute approximate surface area is 72.6 Å². The molecule has 0 radical (unpaired) electrons. The molecule has 0 bridgehead atoms. The van der Waals surface area contributed by atoms with E-state index >= 15 is 0 Å². The summed E-state index contributed by atoms with van der Waals surface area (Å²) in [5.41, 5.74) is 6.21. The van der Waals surface area contributed by atoms with Crippen LogP contribution in [0.2, 0.25) is 0 Å². The number of rotatable bonds is 1. The highest BCUT2D eigenvalue weighted by Crippen LogP contribution is 2.15. The summed E-state index contributed by atoms with van der Waals surface area (Å²) in [5, 5.41) is 0. The van der Waals surface area contributed by atoms with Crippen molar-refractivity contribution in [3.05, 3.63) is 29.8 Å². The molecule has 66 valence electrons. The van der Waals surface area contributed by atoms with Gasteiger partial charge in [-0.3, -0.25) is 9.78 Å². The van der Waals surface area contributed by atoms with E-state index in [1.54, 1.807) is 0 Å². The summed E-state index contributed by atoms with van der Waals surface area (Å²) in [5.74, 6) is -1.03. The summed E-state index contributed by atoms with van der Waals surface area (Å²) in [6.07, 6.45) is 2.46. The number of primary amides is 1. The minimum absolute atomic E-state index is 0.273. The number of nitrogens with one attached hydrogen (secondary N) is 1. The number of carbonyl (C=O) groups is 1. The number of halogens is 1. The molecule has 0 saturated heterocycles. The third-order valence-electron chi connectivity index (χ3n) is 1.75. The smallest absolute Gasteiger partial charge is 0.252 e. The third-order valence-corrected chi connectivity index (χ3v) is 1.75. The zero-order valence-corrected chi connectivity index (χ0v) is 6.54. The second-order valence-corrected chi connectivity index (χ2v) is 2.62. The van der Waals surface area contributed by atoms with E-state index in [0.29, 0.717) is 11.0 Å². The number of fused-ring (bicyclic) bond motifs is 1. The predicted molar refractivity (Wildman–Crippen MR) is 44.6 cm³/mol. The standard InChI is InChI=1S/C8H6FN3O/c9-4-1-6-7(12-2-4)5(3-11-6)8(10)13/h1-3,11H,(H2,10,13). The van der Waals surface area contributed by atoms with Crippen LogP contribution in [0.15, 0.2) is 18.5 Å². The SMILES string of the molecule is NC(=O)c1c[nH]c2cc(F)cnc12. The summed E-state index contributed by atoms with van der Waals surface area (Å²) in [6, 6.07) is 1.26. The first-order valence-electron chi connectivity index (χ1n) is 3.61. The average Bonchev–Trinajstić information content (AvgIpc) is 2.46. The maximum absolute atomic E-state index is 12.6. The lowest BCUT2D eigenvalue weighted by Crippen LogP contribution is -2.10. The van der Waals surface area contributed by atoms with Crippen molar-refractivity contribution in [2.45, 2.75) is 0 Å². The number of nitrogens with zero attached hydrogens (tertiary/aromatic N) is 1. The van der Waals surface area contributed by atoms with Crippen molar-refractivity contribution in [2.24, 2.45) is 5.73 Å². The fourth-order valence-corrected chi connectivity index (χ4v) is 1.17. The first kappa shape index (κ1) is 7.72. The number of aromatic amines is 1. The van der Waals surface area contributed by atoms with Crippen LogP contribution in [0.4, 0.5) is 4.39 Å². The van der Waals surface area contributed by atoms with Gasteiger partial charge in [0.1, 0.15) is 11.3 Å². The Morgan fingerprint density at radius 1 is 1.62 bits per heavy atom. The molecule has 0 aliphatic heterocycles. The van der Waals surface area contributed by atoms with Crippen LogP contribution in [-0.4, -0.2) is 15.9 Å². The zero-order valence-electron chi connectivity index (χ0n) is 6.54. The monoisotopic (exact) mass is 179 g/mol. The molecule has 0 unspecified atom stereocenters. The molecule has 0 spiro atoms. The molecule has 2 aromatic rings. The molecule has 4 nitrogen and oxygen atoms in total. The van der Waals surface area contributed by atoms with E-state index in [1.807, 2.05) is 0 Å². The molecule has 0 aromatic carbocycles. The Kier molecular flexibility index (Phi) is 1.51. The van der Waals surface area contributed by atoms with Gasteiger partial charge in [-0.05, 0) is 0 Å². The van der Waals surface area contributed by atoms with Crippen molar-refractivity contribution in [3.8, 4) is 0 Å². The minimum Gasteiger partial charge on any atom is -0.365 e. The van der Waals surface area contributed by atoms with Gasteiger partial charge in [0.25, 0.3) is 5.91 Å². The molecule has 13 heavy (non-hydrogen) atoms. The molecular weight excluding hydrogens is 173 g/mol. The van der Waals surface area contributed by atoms with Crippen LogP contribution >= 0.6 is 0 Å². The number of amides is 1. The molecule has 3 N–H and O–H groups in total. The number of hydrogen-bond donors (Lipinski definition) is 2. The summed E-state index contributed by atoms with van der Waals surface area (Å²) in [7, 11) is 0. The summed E-state index contributed by atoms with van der Waals surface area (Å²) >= 11 is 0. The van der Waals surface area contributed by atoms with Crippen molar-refractivity contribution >= 4 is 16.9 Å². The summed E-state index contributed by atoms with van der Waals surface area (Å²) in [6.45, 7) is 0. The van der Waals surface area contributed by atoms with Gasteiger partial charge in [0.2, 0.25) is 0 Å².